The summed E-state index contributed by atoms with van der Waals surface area (Å²) in [7, 11) is 3.23. The lowest BCUT2D eigenvalue weighted by atomic mass is 10.1. The molecule has 11 nitrogen and oxygen atoms in total. The van der Waals surface area contributed by atoms with Crippen LogP contribution in [0.15, 0.2) is 26.1 Å². The summed E-state index contributed by atoms with van der Waals surface area (Å²) in [5.74, 6) is -0.509. The van der Waals surface area contributed by atoms with Crippen LogP contribution in [-0.4, -0.2) is 34.4 Å². The molecule has 0 saturated heterocycles. The SMILES string of the molecule is [CH2]c1oc(-n2c(=O)[nH]c(=O)c3cc([N+](=O)[O-])c(N(C)C)cc32)c2c1OC(C)(C)O2. The van der Waals surface area contributed by atoms with Crippen LogP contribution in [0.4, 0.5) is 11.4 Å². The molecule has 1 radical (unpaired) electrons. The van der Waals surface area contributed by atoms with E-state index in [1.54, 1.807) is 27.9 Å². The number of furan rings is 1. The van der Waals surface area contributed by atoms with Gasteiger partial charge in [-0.2, -0.15) is 0 Å². The molecule has 0 spiro atoms. The van der Waals surface area contributed by atoms with Crippen LogP contribution in [0.3, 0.4) is 0 Å². The normalized spacial score (nSPS) is 14.4. The number of aromatic nitrogens is 2. The Kier molecular flexibility index (Phi) is 3.76. The van der Waals surface area contributed by atoms with Crippen molar-refractivity contribution in [2.75, 3.05) is 19.0 Å². The Bertz CT molecular complexity index is 1300. The number of hydrogen-bond acceptors (Lipinski definition) is 8. The molecule has 29 heavy (non-hydrogen) atoms. The Labute approximate surface area is 163 Å². The molecule has 3 aromatic rings. The highest BCUT2D eigenvalue weighted by molar-refractivity contribution is 5.88. The molecule has 4 rings (SSSR count). The smallest absolute Gasteiger partial charge is 0.335 e. The minimum Gasteiger partial charge on any atom is -0.445 e. The largest absolute Gasteiger partial charge is 0.445 e. The van der Waals surface area contributed by atoms with Crippen molar-refractivity contribution < 1.29 is 18.8 Å². The monoisotopic (exact) mass is 401 g/mol. The van der Waals surface area contributed by atoms with Gasteiger partial charge in [0.25, 0.3) is 17.1 Å². The number of anilines is 1. The van der Waals surface area contributed by atoms with E-state index in [-0.39, 0.29) is 45.4 Å². The Balaban J connectivity index is 2.12. The Morgan fingerprint density at radius 3 is 2.48 bits per heavy atom. The molecule has 2 aromatic heterocycles. The molecule has 0 unspecified atom stereocenters. The number of fused-ring (bicyclic) bond motifs is 2. The van der Waals surface area contributed by atoms with Gasteiger partial charge < -0.3 is 18.8 Å². The van der Waals surface area contributed by atoms with Gasteiger partial charge in [0.1, 0.15) is 5.69 Å². The number of nitro groups is 1. The summed E-state index contributed by atoms with van der Waals surface area (Å²) in [5.41, 5.74) is -1.52. The van der Waals surface area contributed by atoms with Gasteiger partial charge >= 0.3 is 5.69 Å². The molecule has 1 aromatic carbocycles. The fraction of sp³-hybridized carbons (Fsp3) is 0.278. The average molecular weight is 401 g/mol. The van der Waals surface area contributed by atoms with Crippen molar-refractivity contribution in [1.82, 2.24) is 9.55 Å². The number of hydrogen-bond donors (Lipinski definition) is 1. The third-order valence-electron chi connectivity index (χ3n) is 4.45. The minimum absolute atomic E-state index is 0.0413. The first-order chi connectivity index (χ1) is 13.5. The molecule has 1 aliphatic rings. The van der Waals surface area contributed by atoms with Gasteiger partial charge in [-0.1, -0.05) is 0 Å². The predicted molar refractivity (Wildman–Crippen MR) is 103 cm³/mol. The van der Waals surface area contributed by atoms with E-state index in [4.69, 9.17) is 13.9 Å². The Hall–Kier alpha value is -3.76. The molecular weight excluding hydrogens is 384 g/mol. The molecular formula is C18H17N4O7. The van der Waals surface area contributed by atoms with Crippen LogP contribution < -0.4 is 25.6 Å². The number of aromatic amines is 1. The lowest BCUT2D eigenvalue weighted by molar-refractivity contribution is -0.384. The van der Waals surface area contributed by atoms with E-state index in [0.717, 1.165) is 10.6 Å². The molecule has 151 valence electrons. The third kappa shape index (κ3) is 2.73. The first-order valence-electron chi connectivity index (χ1n) is 8.52. The van der Waals surface area contributed by atoms with Crippen molar-refractivity contribution in [3.05, 3.63) is 55.8 Å². The highest BCUT2D eigenvalue weighted by Crippen LogP contribution is 2.48. The zero-order valence-electron chi connectivity index (χ0n) is 16.1. The fourth-order valence-corrected chi connectivity index (χ4v) is 3.25. The van der Waals surface area contributed by atoms with E-state index in [2.05, 4.69) is 11.9 Å². The van der Waals surface area contributed by atoms with E-state index < -0.39 is 22.0 Å². The number of benzene rings is 1. The van der Waals surface area contributed by atoms with E-state index in [1.165, 1.54) is 11.0 Å². The van der Waals surface area contributed by atoms with Crippen molar-refractivity contribution in [2.45, 2.75) is 19.6 Å². The number of nitrogens with one attached hydrogen (secondary N) is 1. The zero-order chi connectivity index (χ0) is 21.2. The first-order valence-corrected chi connectivity index (χ1v) is 8.52. The maximum Gasteiger partial charge on any atom is 0.335 e. The number of H-pyrrole nitrogens is 1. The van der Waals surface area contributed by atoms with E-state index in [9.17, 15) is 19.7 Å². The molecule has 0 fully saturated rings. The molecule has 11 heteroatoms. The number of ether oxygens (including phenoxy) is 2. The Morgan fingerprint density at radius 1 is 1.21 bits per heavy atom. The van der Waals surface area contributed by atoms with Gasteiger partial charge in [-0.3, -0.25) is 19.9 Å². The van der Waals surface area contributed by atoms with Crippen LogP contribution in [0.1, 0.15) is 19.6 Å². The predicted octanol–water partition coefficient (Wildman–Crippen LogP) is 1.94. The maximum atomic E-state index is 12.7. The summed E-state index contributed by atoms with van der Waals surface area (Å²) >= 11 is 0. The lowest BCUT2D eigenvalue weighted by Gasteiger charge is -2.18. The van der Waals surface area contributed by atoms with Crippen molar-refractivity contribution in [1.29, 1.82) is 0 Å². The highest BCUT2D eigenvalue weighted by atomic mass is 16.7. The molecule has 0 aliphatic carbocycles. The van der Waals surface area contributed by atoms with Crippen LogP contribution in [0.25, 0.3) is 16.8 Å². The van der Waals surface area contributed by atoms with Gasteiger partial charge in [-0.15, -0.1) is 0 Å². The zero-order valence-corrected chi connectivity index (χ0v) is 16.1. The van der Waals surface area contributed by atoms with Crippen LogP contribution >= 0.6 is 0 Å². The summed E-state index contributed by atoms with van der Waals surface area (Å²) in [6, 6.07) is 2.50. The van der Waals surface area contributed by atoms with Gasteiger partial charge in [0.2, 0.25) is 17.3 Å². The Morgan fingerprint density at radius 2 is 1.86 bits per heavy atom. The van der Waals surface area contributed by atoms with E-state index in [1.807, 2.05) is 0 Å². The fourth-order valence-electron chi connectivity index (χ4n) is 3.25. The third-order valence-corrected chi connectivity index (χ3v) is 4.45. The van der Waals surface area contributed by atoms with Crippen LogP contribution in [0, 0.1) is 17.0 Å². The second-order valence-corrected chi connectivity index (χ2v) is 7.20. The van der Waals surface area contributed by atoms with Crippen molar-refractivity contribution in [2.24, 2.45) is 0 Å². The standard InChI is InChI=1S/C18H17N4O7/c1-8-13-14(29-18(2,3)28-13)16(27-8)21-10-7-11(20(4)5)12(22(25)26)6-9(10)15(23)19-17(21)24/h6-7H,1H2,2-5H3,(H,19,23,24). The molecule has 0 atom stereocenters. The average Bonchev–Trinajstić information content (AvgIpc) is 3.08. The van der Waals surface area contributed by atoms with Gasteiger partial charge in [-0.25, -0.2) is 9.36 Å². The molecule has 1 N–H and O–H groups in total. The molecule has 1 aliphatic heterocycles. The summed E-state index contributed by atoms with van der Waals surface area (Å²) in [5, 5.41) is 11.4. The number of rotatable bonds is 3. The molecule has 0 bridgehead atoms. The maximum absolute atomic E-state index is 12.7. The number of nitro benzene ring substituents is 1. The number of nitrogens with zero attached hydrogens (tertiary/aromatic N) is 3. The van der Waals surface area contributed by atoms with E-state index in [0.29, 0.717) is 0 Å². The van der Waals surface area contributed by atoms with Gasteiger partial charge in [0.15, 0.2) is 5.76 Å². The van der Waals surface area contributed by atoms with Crippen molar-refractivity contribution in [3.63, 3.8) is 0 Å². The second kappa shape index (κ2) is 5.87. The highest BCUT2D eigenvalue weighted by Gasteiger charge is 2.39. The van der Waals surface area contributed by atoms with Gasteiger partial charge in [-0.05, 0) is 6.07 Å². The second-order valence-electron chi connectivity index (χ2n) is 7.20. The van der Waals surface area contributed by atoms with Crippen molar-refractivity contribution in [3.8, 4) is 17.4 Å². The van der Waals surface area contributed by atoms with Gasteiger partial charge in [0, 0.05) is 40.9 Å². The van der Waals surface area contributed by atoms with Crippen LogP contribution in [0.5, 0.6) is 11.5 Å². The summed E-state index contributed by atoms with van der Waals surface area (Å²) in [6.45, 7) is 7.11. The summed E-state index contributed by atoms with van der Waals surface area (Å²) < 4.78 is 18.1. The van der Waals surface area contributed by atoms with Gasteiger partial charge in [0.05, 0.1) is 15.8 Å². The minimum atomic E-state index is -1.00. The summed E-state index contributed by atoms with van der Waals surface area (Å²) in [6.07, 6.45) is 0. The van der Waals surface area contributed by atoms with Crippen LogP contribution in [0.2, 0.25) is 0 Å². The summed E-state index contributed by atoms with van der Waals surface area (Å²) in [4.78, 5) is 39.6. The molecule has 3 heterocycles. The molecule has 0 amide bonds. The molecule has 0 saturated carbocycles. The first kappa shape index (κ1) is 18.6. The topological polar surface area (TPSA) is 133 Å². The van der Waals surface area contributed by atoms with Crippen LogP contribution in [-0.2, 0) is 0 Å². The van der Waals surface area contributed by atoms with Crippen molar-refractivity contribution >= 4 is 22.3 Å². The lowest BCUT2D eigenvalue weighted by Crippen LogP contribution is -2.32. The quantitative estimate of drug-likeness (QED) is 0.520. The van der Waals surface area contributed by atoms with E-state index >= 15 is 0 Å².